The van der Waals surface area contributed by atoms with Crippen LogP contribution < -0.4 is 10.6 Å². The lowest BCUT2D eigenvalue weighted by atomic mass is 10.2. The summed E-state index contributed by atoms with van der Waals surface area (Å²) in [6, 6.07) is 7.12. The van der Waals surface area contributed by atoms with Crippen molar-refractivity contribution in [2.75, 3.05) is 10.6 Å². The van der Waals surface area contributed by atoms with Crippen molar-refractivity contribution in [3.8, 4) is 0 Å². The number of urea groups is 1. The van der Waals surface area contributed by atoms with E-state index in [4.69, 9.17) is 11.6 Å². The first-order valence-electron chi connectivity index (χ1n) is 6.27. The summed E-state index contributed by atoms with van der Waals surface area (Å²) in [6.07, 6.45) is 1.79. The van der Waals surface area contributed by atoms with Gasteiger partial charge in [-0.15, -0.1) is 22.9 Å². The number of thiazole rings is 1. The van der Waals surface area contributed by atoms with Crippen LogP contribution in [0.4, 0.5) is 15.6 Å². The molecule has 2 aromatic rings. The fourth-order valence-corrected chi connectivity index (χ4v) is 2.58. The summed E-state index contributed by atoms with van der Waals surface area (Å²) in [6.45, 7) is 4.18. The van der Waals surface area contributed by atoms with E-state index in [2.05, 4.69) is 29.5 Å². The number of amides is 2. The SMILES string of the molecule is CC(C)c1cnc(NC(=O)Nc2cccc(CCl)c2)s1. The number of hydrogen-bond donors (Lipinski definition) is 2. The van der Waals surface area contributed by atoms with Crippen LogP contribution in [0.1, 0.15) is 30.2 Å². The van der Waals surface area contributed by atoms with Gasteiger partial charge >= 0.3 is 6.03 Å². The van der Waals surface area contributed by atoms with Crippen LogP contribution in [0.3, 0.4) is 0 Å². The molecule has 0 aliphatic rings. The second-order valence-electron chi connectivity index (χ2n) is 4.64. The summed E-state index contributed by atoms with van der Waals surface area (Å²) in [4.78, 5) is 17.2. The molecule has 0 spiro atoms. The minimum atomic E-state index is -0.304. The van der Waals surface area contributed by atoms with Crippen LogP contribution in [-0.4, -0.2) is 11.0 Å². The van der Waals surface area contributed by atoms with Gasteiger partial charge in [0.15, 0.2) is 5.13 Å². The average Bonchev–Trinajstić information content (AvgIpc) is 2.87. The molecule has 20 heavy (non-hydrogen) atoms. The number of anilines is 2. The maximum atomic E-state index is 11.9. The van der Waals surface area contributed by atoms with Gasteiger partial charge in [-0.1, -0.05) is 26.0 Å². The van der Waals surface area contributed by atoms with Crippen molar-refractivity contribution in [3.63, 3.8) is 0 Å². The number of carbonyl (C=O) groups is 1. The number of alkyl halides is 1. The molecule has 6 heteroatoms. The molecule has 2 N–H and O–H groups in total. The fourth-order valence-electron chi connectivity index (χ4n) is 1.60. The molecule has 106 valence electrons. The van der Waals surface area contributed by atoms with Crippen LogP contribution in [0.15, 0.2) is 30.5 Å². The minimum Gasteiger partial charge on any atom is -0.308 e. The van der Waals surface area contributed by atoms with Crippen LogP contribution in [0.2, 0.25) is 0 Å². The molecule has 0 bridgehead atoms. The van der Waals surface area contributed by atoms with E-state index in [1.807, 2.05) is 24.3 Å². The zero-order valence-electron chi connectivity index (χ0n) is 11.3. The van der Waals surface area contributed by atoms with E-state index in [0.717, 1.165) is 10.4 Å². The Balaban J connectivity index is 1.97. The Morgan fingerprint density at radius 3 is 2.85 bits per heavy atom. The van der Waals surface area contributed by atoms with E-state index in [0.29, 0.717) is 22.6 Å². The molecule has 1 aromatic carbocycles. The van der Waals surface area contributed by atoms with Gasteiger partial charge in [-0.05, 0) is 23.6 Å². The number of halogens is 1. The van der Waals surface area contributed by atoms with E-state index in [9.17, 15) is 4.79 Å². The average molecular weight is 310 g/mol. The van der Waals surface area contributed by atoms with Gasteiger partial charge in [-0.25, -0.2) is 9.78 Å². The third kappa shape index (κ3) is 3.95. The van der Waals surface area contributed by atoms with Crippen LogP contribution in [0.25, 0.3) is 0 Å². The lowest BCUT2D eigenvalue weighted by Crippen LogP contribution is -2.19. The first-order chi connectivity index (χ1) is 9.58. The van der Waals surface area contributed by atoms with Gasteiger partial charge in [-0.3, -0.25) is 5.32 Å². The van der Waals surface area contributed by atoms with E-state index >= 15 is 0 Å². The Morgan fingerprint density at radius 1 is 1.40 bits per heavy atom. The number of rotatable bonds is 4. The first kappa shape index (κ1) is 14.8. The molecule has 1 aromatic heterocycles. The van der Waals surface area contributed by atoms with Gasteiger partial charge in [0, 0.05) is 22.6 Å². The van der Waals surface area contributed by atoms with Gasteiger partial charge in [0.25, 0.3) is 0 Å². The lowest BCUT2D eigenvalue weighted by molar-refractivity contribution is 0.262. The maximum Gasteiger partial charge on any atom is 0.325 e. The quantitative estimate of drug-likeness (QED) is 0.808. The van der Waals surface area contributed by atoms with Crippen molar-refractivity contribution in [1.29, 1.82) is 0 Å². The Morgan fingerprint density at radius 2 is 2.20 bits per heavy atom. The van der Waals surface area contributed by atoms with Crippen molar-refractivity contribution in [3.05, 3.63) is 40.9 Å². The molecule has 1 heterocycles. The fraction of sp³-hybridized carbons (Fsp3) is 0.286. The molecular weight excluding hydrogens is 294 g/mol. The number of nitrogens with zero attached hydrogens (tertiary/aromatic N) is 1. The summed E-state index contributed by atoms with van der Waals surface area (Å²) in [7, 11) is 0. The van der Waals surface area contributed by atoms with E-state index in [1.165, 1.54) is 11.3 Å². The Labute approximate surface area is 127 Å². The molecule has 0 unspecified atom stereocenters. The number of carbonyl (C=O) groups excluding carboxylic acids is 1. The van der Waals surface area contributed by atoms with Gasteiger partial charge in [0.2, 0.25) is 0 Å². The van der Waals surface area contributed by atoms with Gasteiger partial charge < -0.3 is 5.32 Å². The third-order valence-electron chi connectivity index (χ3n) is 2.65. The summed E-state index contributed by atoms with van der Waals surface area (Å²) in [5.74, 6) is 0.827. The minimum absolute atomic E-state index is 0.304. The van der Waals surface area contributed by atoms with Gasteiger partial charge in [-0.2, -0.15) is 0 Å². The Bertz CT molecular complexity index is 598. The van der Waals surface area contributed by atoms with Crippen molar-refractivity contribution >= 4 is 39.8 Å². The highest BCUT2D eigenvalue weighted by Crippen LogP contribution is 2.25. The topological polar surface area (TPSA) is 54.0 Å². The maximum absolute atomic E-state index is 11.9. The smallest absolute Gasteiger partial charge is 0.308 e. The zero-order valence-corrected chi connectivity index (χ0v) is 12.9. The van der Waals surface area contributed by atoms with Crippen LogP contribution in [0, 0.1) is 0 Å². The molecule has 0 saturated heterocycles. The standard InChI is InChI=1S/C14H16ClN3OS/c1-9(2)12-8-16-14(20-12)18-13(19)17-11-5-3-4-10(6-11)7-15/h3-6,8-9H,7H2,1-2H3,(H2,16,17,18,19). The van der Waals surface area contributed by atoms with Crippen LogP contribution >= 0.6 is 22.9 Å². The van der Waals surface area contributed by atoms with E-state index < -0.39 is 0 Å². The molecular formula is C14H16ClN3OS. The zero-order chi connectivity index (χ0) is 14.5. The number of nitrogens with one attached hydrogen (secondary N) is 2. The number of benzene rings is 1. The predicted octanol–water partition coefficient (Wildman–Crippen LogP) is 4.65. The summed E-state index contributed by atoms with van der Waals surface area (Å²) >= 11 is 7.24. The summed E-state index contributed by atoms with van der Waals surface area (Å²) in [5, 5.41) is 6.09. The molecule has 0 fully saturated rings. The van der Waals surface area contributed by atoms with E-state index in [-0.39, 0.29) is 6.03 Å². The highest BCUT2D eigenvalue weighted by atomic mass is 35.5. The Hall–Kier alpha value is -1.59. The molecule has 0 saturated carbocycles. The molecule has 0 radical (unpaired) electrons. The molecule has 0 aliphatic heterocycles. The van der Waals surface area contributed by atoms with Crippen LogP contribution in [0.5, 0.6) is 0 Å². The van der Waals surface area contributed by atoms with Gasteiger partial charge in [0.1, 0.15) is 0 Å². The largest absolute Gasteiger partial charge is 0.325 e. The Kier molecular flexibility index (Phi) is 4.98. The lowest BCUT2D eigenvalue weighted by Gasteiger charge is -2.06. The third-order valence-corrected chi connectivity index (χ3v) is 4.17. The second-order valence-corrected chi connectivity index (χ2v) is 5.97. The number of hydrogen-bond acceptors (Lipinski definition) is 3. The van der Waals surface area contributed by atoms with Crippen molar-refractivity contribution in [1.82, 2.24) is 4.98 Å². The molecule has 2 rings (SSSR count). The normalized spacial score (nSPS) is 10.6. The van der Waals surface area contributed by atoms with Crippen molar-refractivity contribution in [2.24, 2.45) is 0 Å². The second kappa shape index (κ2) is 6.72. The highest BCUT2D eigenvalue weighted by Gasteiger charge is 2.09. The van der Waals surface area contributed by atoms with Crippen molar-refractivity contribution < 1.29 is 4.79 Å². The molecule has 0 atom stereocenters. The first-order valence-corrected chi connectivity index (χ1v) is 7.62. The predicted molar refractivity (Wildman–Crippen MR) is 84.8 cm³/mol. The molecule has 2 amide bonds. The van der Waals surface area contributed by atoms with Crippen molar-refractivity contribution in [2.45, 2.75) is 25.6 Å². The monoisotopic (exact) mass is 309 g/mol. The summed E-state index contributed by atoms with van der Waals surface area (Å²) < 4.78 is 0. The molecule has 0 aliphatic carbocycles. The summed E-state index contributed by atoms with van der Waals surface area (Å²) in [5.41, 5.74) is 1.67. The van der Waals surface area contributed by atoms with E-state index in [1.54, 1.807) is 6.20 Å². The highest BCUT2D eigenvalue weighted by molar-refractivity contribution is 7.15. The number of aromatic nitrogens is 1. The van der Waals surface area contributed by atoms with Gasteiger partial charge in [0.05, 0.1) is 0 Å². The van der Waals surface area contributed by atoms with Crippen LogP contribution in [-0.2, 0) is 5.88 Å². The molecule has 4 nitrogen and oxygen atoms in total.